The molecule has 0 heterocycles. The zero-order valence-corrected chi connectivity index (χ0v) is 10.3. The van der Waals surface area contributed by atoms with Crippen LogP contribution >= 0.6 is 11.8 Å². The molecular weight excluding hydrogens is 263 g/mol. The quantitative estimate of drug-likeness (QED) is 0.365. The van der Waals surface area contributed by atoms with Gasteiger partial charge in [0.15, 0.2) is 6.29 Å². The highest BCUT2D eigenvalue weighted by molar-refractivity contribution is 8.18. The van der Waals surface area contributed by atoms with E-state index in [-0.39, 0.29) is 4.91 Å². The molecule has 0 fully saturated rings. The molecule has 18 heavy (non-hydrogen) atoms. The van der Waals surface area contributed by atoms with E-state index in [4.69, 9.17) is 0 Å². The molecule has 0 bridgehead atoms. The van der Waals surface area contributed by atoms with Crippen molar-refractivity contribution < 1.29 is 18.0 Å². The zero-order chi connectivity index (χ0) is 13.8. The van der Waals surface area contributed by atoms with E-state index in [1.165, 1.54) is 19.2 Å². The van der Waals surface area contributed by atoms with Crippen molar-refractivity contribution in [3.63, 3.8) is 0 Å². The van der Waals surface area contributed by atoms with Gasteiger partial charge in [-0.05, 0) is 12.1 Å². The molecule has 96 valence electrons. The van der Waals surface area contributed by atoms with E-state index in [2.05, 4.69) is 11.6 Å². The van der Waals surface area contributed by atoms with E-state index < -0.39 is 11.7 Å². The van der Waals surface area contributed by atoms with Crippen LogP contribution in [0.1, 0.15) is 11.1 Å². The molecule has 2 nitrogen and oxygen atoms in total. The fourth-order valence-electron chi connectivity index (χ4n) is 1.18. The molecule has 0 atom stereocenters. The molecule has 0 spiro atoms. The van der Waals surface area contributed by atoms with Gasteiger partial charge in [0.25, 0.3) is 0 Å². The maximum Gasteiger partial charge on any atom is 0.416 e. The number of nitrogens with zero attached hydrogens (tertiary/aromatic N) is 1. The Kier molecular flexibility index (Phi) is 4.72. The Hall–Kier alpha value is -1.56. The maximum atomic E-state index is 12.4. The van der Waals surface area contributed by atoms with Crippen molar-refractivity contribution in [1.29, 1.82) is 0 Å². The van der Waals surface area contributed by atoms with Crippen LogP contribution in [-0.2, 0) is 11.0 Å². The summed E-state index contributed by atoms with van der Waals surface area (Å²) in [4.78, 5) is 14.6. The minimum Gasteiger partial charge on any atom is -0.297 e. The number of hydrogen-bond acceptors (Lipinski definition) is 3. The number of hydrogen-bond donors (Lipinski definition) is 0. The van der Waals surface area contributed by atoms with Gasteiger partial charge in [0.05, 0.1) is 5.56 Å². The highest BCUT2D eigenvalue weighted by Crippen LogP contribution is 2.30. The lowest BCUT2D eigenvalue weighted by Crippen LogP contribution is -2.05. The number of alkyl halides is 3. The first kappa shape index (κ1) is 14.5. The average Bonchev–Trinajstić information content (AvgIpc) is 2.34. The van der Waals surface area contributed by atoms with Gasteiger partial charge in [-0.2, -0.15) is 13.2 Å². The molecule has 0 N–H and O–H groups in total. The van der Waals surface area contributed by atoms with Crippen LogP contribution in [0.25, 0.3) is 0 Å². The number of benzene rings is 1. The minimum absolute atomic E-state index is 0.246. The summed E-state index contributed by atoms with van der Waals surface area (Å²) in [5.41, 5.74) is -0.209. The van der Waals surface area contributed by atoms with E-state index in [0.29, 0.717) is 16.9 Å². The van der Waals surface area contributed by atoms with E-state index in [1.807, 2.05) is 0 Å². The van der Waals surface area contributed by atoms with E-state index in [0.717, 1.165) is 23.9 Å². The predicted molar refractivity (Wildman–Crippen MR) is 66.7 cm³/mol. The van der Waals surface area contributed by atoms with Crippen LogP contribution in [0.15, 0.2) is 40.7 Å². The van der Waals surface area contributed by atoms with Crippen molar-refractivity contribution in [2.24, 2.45) is 4.99 Å². The largest absolute Gasteiger partial charge is 0.416 e. The summed E-state index contributed by atoms with van der Waals surface area (Å²) in [7, 11) is 1.50. The van der Waals surface area contributed by atoms with Crippen molar-refractivity contribution in [1.82, 2.24) is 0 Å². The predicted octanol–water partition coefficient (Wildman–Crippen LogP) is 3.53. The first-order valence-corrected chi connectivity index (χ1v) is 5.66. The van der Waals surface area contributed by atoms with Crippen molar-refractivity contribution >= 4 is 23.1 Å². The Morgan fingerprint density at radius 3 is 2.28 bits per heavy atom. The molecule has 6 heteroatoms. The Balaban J connectivity index is 2.96. The molecule has 1 aromatic rings. The monoisotopic (exact) mass is 273 g/mol. The zero-order valence-electron chi connectivity index (χ0n) is 9.49. The number of thioether (sulfide) groups is 1. The molecular formula is C12H10F3NOS. The molecule has 0 aliphatic heterocycles. The van der Waals surface area contributed by atoms with Crippen LogP contribution in [0.2, 0.25) is 0 Å². The van der Waals surface area contributed by atoms with Crippen LogP contribution in [0.4, 0.5) is 13.2 Å². The van der Waals surface area contributed by atoms with Crippen LogP contribution in [0.3, 0.4) is 0 Å². The number of allylic oxidation sites excluding steroid dienone is 1. The first-order valence-electron chi connectivity index (χ1n) is 4.85. The lowest BCUT2D eigenvalue weighted by Gasteiger charge is -2.08. The summed E-state index contributed by atoms with van der Waals surface area (Å²) in [6, 6.07) is 4.59. The smallest absolute Gasteiger partial charge is 0.297 e. The second-order valence-corrected chi connectivity index (χ2v) is 4.41. The Morgan fingerprint density at radius 2 is 1.89 bits per heavy atom. The molecule has 0 unspecified atom stereocenters. The Bertz CT molecular complexity index is 477. The Labute approximate surface area is 107 Å². The summed E-state index contributed by atoms with van der Waals surface area (Å²) in [6.07, 6.45) is -3.79. The molecule has 0 saturated carbocycles. The highest BCUT2D eigenvalue weighted by atomic mass is 32.2. The first-order chi connectivity index (χ1) is 8.38. The molecule has 0 aliphatic rings. The van der Waals surface area contributed by atoms with Gasteiger partial charge in [0.2, 0.25) is 0 Å². The van der Waals surface area contributed by atoms with E-state index in [9.17, 15) is 18.0 Å². The molecule has 0 amide bonds. The van der Waals surface area contributed by atoms with E-state index >= 15 is 0 Å². The highest BCUT2D eigenvalue weighted by Gasteiger charge is 2.30. The number of aliphatic imine (C=N–C) groups is 1. The lowest BCUT2D eigenvalue weighted by atomic mass is 10.1. The molecule has 0 radical (unpaired) electrons. The van der Waals surface area contributed by atoms with Gasteiger partial charge < -0.3 is 0 Å². The molecule has 0 aliphatic carbocycles. The van der Waals surface area contributed by atoms with Gasteiger partial charge >= 0.3 is 6.18 Å². The second-order valence-electron chi connectivity index (χ2n) is 3.29. The minimum atomic E-state index is -4.36. The van der Waals surface area contributed by atoms with Crippen LogP contribution < -0.4 is 0 Å². The Morgan fingerprint density at radius 1 is 1.33 bits per heavy atom. The molecule has 1 aromatic carbocycles. The van der Waals surface area contributed by atoms with Gasteiger partial charge in [-0.3, -0.25) is 9.79 Å². The van der Waals surface area contributed by atoms with Crippen LogP contribution in [-0.4, -0.2) is 18.4 Å². The SMILES string of the molecule is C=C(C=O)SC(=NC)c1ccc(C(F)(F)F)cc1. The van der Waals surface area contributed by atoms with Gasteiger partial charge in [-0.25, -0.2) is 0 Å². The topological polar surface area (TPSA) is 29.4 Å². The van der Waals surface area contributed by atoms with Crippen molar-refractivity contribution in [3.05, 3.63) is 46.9 Å². The van der Waals surface area contributed by atoms with Gasteiger partial charge in [0.1, 0.15) is 5.04 Å². The van der Waals surface area contributed by atoms with Crippen LogP contribution in [0.5, 0.6) is 0 Å². The summed E-state index contributed by atoms with van der Waals surface area (Å²) in [6.45, 7) is 3.48. The van der Waals surface area contributed by atoms with E-state index in [1.54, 1.807) is 0 Å². The summed E-state index contributed by atoms with van der Waals surface area (Å²) in [5, 5.41) is 0.445. The standard InChI is InChI=1S/C12H10F3NOS/c1-8(7-17)18-11(16-2)9-3-5-10(6-4-9)12(13,14)15/h3-7H,1H2,2H3. The normalized spacial score (nSPS) is 12.3. The second kappa shape index (κ2) is 5.86. The third kappa shape index (κ3) is 3.73. The van der Waals surface area contributed by atoms with Gasteiger partial charge in [-0.1, -0.05) is 30.5 Å². The third-order valence-corrected chi connectivity index (χ3v) is 2.99. The van der Waals surface area contributed by atoms with Crippen LogP contribution in [0, 0.1) is 0 Å². The van der Waals surface area contributed by atoms with Gasteiger partial charge in [-0.15, -0.1) is 0 Å². The number of aldehydes is 1. The van der Waals surface area contributed by atoms with Crippen molar-refractivity contribution in [2.75, 3.05) is 7.05 Å². The molecule has 0 aromatic heterocycles. The summed E-state index contributed by atoms with van der Waals surface area (Å²) in [5.74, 6) is 0. The van der Waals surface area contributed by atoms with Gasteiger partial charge in [0, 0.05) is 17.5 Å². The number of rotatable bonds is 3. The number of carbonyl (C=O) groups is 1. The van der Waals surface area contributed by atoms with Crippen molar-refractivity contribution in [2.45, 2.75) is 6.18 Å². The molecule has 0 saturated heterocycles. The fraction of sp³-hybridized carbons (Fsp3) is 0.167. The number of carbonyl (C=O) groups excluding carboxylic acids is 1. The lowest BCUT2D eigenvalue weighted by molar-refractivity contribution is -0.137. The average molecular weight is 273 g/mol. The summed E-state index contributed by atoms with van der Waals surface area (Å²) < 4.78 is 37.1. The molecule has 1 rings (SSSR count). The maximum absolute atomic E-state index is 12.4. The summed E-state index contributed by atoms with van der Waals surface area (Å²) >= 11 is 1.02. The third-order valence-electron chi connectivity index (χ3n) is 2.02. The fourth-order valence-corrected chi connectivity index (χ4v) is 1.83. The van der Waals surface area contributed by atoms with Crippen molar-refractivity contribution in [3.8, 4) is 0 Å². The number of halogens is 3.